The highest BCUT2D eigenvalue weighted by Gasteiger charge is 2.45. The van der Waals surface area contributed by atoms with Crippen LogP contribution >= 0.6 is 0 Å². The van der Waals surface area contributed by atoms with E-state index in [9.17, 15) is 4.39 Å². The Morgan fingerprint density at radius 1 is 0.909 bits per heavy atom. The third kappa shape index (κ3) is 3.10. The SMILES string of the molecule is NC1=N[C@@]2(CCO1)c1cc(-c3cccnc3F)ccc1Oc1cnc(-c3cccnc3)cc12. The van der Waals surface area contributed by atoms with Crippen LogP contribution in [0.2, 0.25) is 0 Å². The number of pyridine rings is 3. The van der Waals surface area contributed by atoms with E-state index < -0.39 is 11.5 Å². The van der Waals surface area contributed by atoms with Crippen molar-refractivity contribution in [2.45, 2.75) is 12.0 Å². The number of nitrogens with two attached hydrogens (primary N) is 1. The first-order chi connectivity index (χ1) is 16.1. The van der Waals surface area contributed by atoms with E-state index in [1.165, 1.54) is 6.20 Å². The molecular formula is C25H18FN5O2. The minimum absolute atomic E-state index is 0.0951. The van der Waals surface area contributed by atoms with Gasteiger partial charge in [0.25, 0.3) is 6.02 Å². The monoisotopic (exact) mass is 439 g/mol. The summed E-state index contributed by atoms with van der Waals surface area (Å²) in [5.74, 6) is 0.667. The predicted molar refractivity (Wildman–Crippen MR) is 120 cm³/mol. The van der Waals surface area contributed by atoms with Crippen molar-refractivity contribution in [1.82, 2.24) is 15.0 Å². The van der Waals surface area contributed by atoms with Gasteiger partial charge in [-0.05, 0) is 48.0 Å². The van der Waals surface area contributed by atoms with E-state index in [1.54, 1.807) is 36.8 Å². The quantitative estimate of drug-likeness (QED) is 0.464. The van der Waals surface area contributed by atoms with Gasteiger partial charge in [0.05, 0.1) is 18.5 Å². The van der Waals surface area contributed by atoms with Gasteiger partial charge >= 0.3 is 0 Å². The van der Waals surface area contributed by atoms with Crippen LogP contribution in [0.4, 0.5) is 4.39 Å². The highest BCUT2D eigenvalue weighted by atomic mass is 19.1. The molecule has 162 valence electrons. The van der Waals surface area contributed by atoms with Gasteiger partial charge in [0.15, 0.2) is 5.75 Å². The molecule has 0 saturated heterocycles. The van der Waals surface area contributed by atoms with Crippen LogP contribution in [0, 0.1) is 5.95 Å². The Labute approximate surface area is 188 Å². The zero-order valence-electron chi connectivity index (χ0n) is 17.4. The number of hydrogen-bond donors (Lipinski definition) is 1. The van der Waals surface area contributed by atoms with Crippen LogP contribution in [0.5, 0.6) is 11.5 Å². The Morgan fingerprint density at radius 3 is 2.61 bits per heavy atom. The fourth-order valence-corrected chi connectivity index (χ4v) is 4.46. The largest absolute Gasteiger partial charge is 0.465 e. The average molecular weight is 439 g/mol. The van der Waals surface area contributed by atoms with Crippen molar-refractivity contribution >= 4 is 6.02 Å². The molecule has 33 heavy (non-hydrogen) atoms. The fourth-order valence-electron chi connectivity index (χ4n) is 4.46. The lowest BCUT2D eigenvalue weighted by Crippen LogP contribution is -2.38. The summed E-state index contributed by atoms with van der Waals surface area (Å²) < 4.78 is 26.1. The van der Waals surface area contributed by atoms with E-state index in [0.29, 0.717) is 35.7 Å². The molecule has 0 saturated carbocycles. The molecule has 0 fully saturated rings. The number of benzene rings is 1. The Balaban J connectivity index is 1.58. The van der Waals surface area contributed by atoms with Crippen molar-refractivity contribution in [3.8, 4) is 33.9 Å². The second-order valence-corrected chi connectivity index (χ2v) is 7.87. The molecular weight excluding hydrogens is 421 g/mol. The summed E-state index contributed by atoms with van der Waals surface area (Å²) in [7, 11) is 0. The molecule has 6 rings (SSSR count). The van der Waals surface area contributed by atoms with Crippen LogP contribution in [0.15, 0.2) is 78.3 Å². The molecule has 2 N–H and O–H groups in total. The number of ether oxygens (including phenoxy) is 2. The van der Waals surface area contributed by atoms with E-state index in [2.05, 4.69) is 15.0 Å². The number of rotatable bonds is 2. The number of nitrogens with zero attached hydrogens (tertiary/aromatic N) is 4. The van der Waals surface area contributed by atoms with E-state index >= 15 is 0 Å². The highest BCUT2D eigenvalue weighted by molar-refractivity contribution is 5.77. The lowest BCUT2D eigenvalue weighted by molar-refractivity contribution is 0.219. The maximum atomic E-state index is 14.5. The summed E-state index contributed by atoms with van der Waals surface area (Å²) >= 11 is 0. The number of amidine groups is 1. The minimum atomic E-state index is -0.861. The molecule has 1 spiro atoms. The number of aromatic nitrogens is 3. The molecule has 0 unspecified atom stereocenters. The van der Waals surface area contributed by atoms with Gasteiger partial charge in [-0.3, -0.25) is 9.97 Å². The van der Waals surface area contributed by atoms with E-state index in [-0.39, 0.29) is 6.02 Å². The van der Waals surface area contributed by atoms with E-state index in [0.717, 1.165) is 22.4 Å². The van der Waals surface area contributed by atoms with Crippen LogP contribution < -0.4 is 10.5 Å². The van der Waals surface area contributed by atoms with Gasteiger partial charge in [0, 0.05) is 47.3 Å². The number of hydrogen-bond acceptors (Lipinski definition) is 7. The number of halogens is 1. The van der Waals surface area contributed by atoms with Gasteiger partial charge in [0.1, 0.15) is 11.3 Å². The van der Waals surface area contributed by atoms with Crippen LogP contribution in [-0.4, -0.2) is 27.6 Å². The second kappa shape index (κ2) is 7.37. The van der Waals surface area contributed by atoms with Gasteiger partial charge in [-0.2, -0.15) is 4.39 Å². The first-order valence-electron chi connectivity index (χ1n) is 10.5. The van der Waals surface area contributed by atoms with Crippen LogP contribution in [-0.2, 0) is 10.3 Å². The average Bonchev–Trinajstić information content (AvgIpc) is 2.85. The summed E-state index contributed by atoms with van der Waals surface area (Å²) in [4.78, 5) is 17.3. The molecule has 1 atom stereocenters. The number of aliphatic imine (C=N–C) groups is 1. The third-order valence-electron chi connectivity index (χ3n) is 6.00. The lowest BCUT2D eigenvalue weighted by Gasteiger charge is -2.39. The van der Waals surface area contributed by atoms with Crippen LogP contribution in [0.25, 0.3) is 22.4 Å². The maximum Gasteiger partial charge on any atom is 0.283 e. The molecule has 4 aromatic rings. The molecule has 0 radical (unpaired) electrons. The van der Waals surface area contributed by atoms with Crippen molar-refractivity contribution in [2.75, 3.05) is 6.61 Å². The van der Waals surface area contributed by atoms with Gasteiger partial charge in [-0.25, -0.2) is 9.98 Å². The molecule has 0 aliphatic carbocycles. The highest BCUT2D eigenvalue weighted by Crippen LogP contribution is 2.53. The summed E-state index contributed by atoms with van der Waals surface area (Å²) in [6.45, 7) is 0.379. The Bertz CT molecular complexity index is 1410. The molecule has 2 aliphatic rings. The molecule has 5 heterocycles. The van der Waals surface area contributed by atoms with Gasteiger partial charge in [-0.1, -0.05) is 6.07 Å². The normalized spacial score (nSPS) is 18.5. The smallest absolute Gasteiger partial charge is 0.283 e. The Kier molecular flexibility index (Phi) is 4.33. The molecule has 0 amide bonds. The summed E-state index contributed by atoms with van der Waals surface area (Å²) in [5, 5.41) is 0. The van der Waals surface area contributed by atoms with Crippen LogP contribution in [0.3, 0.4) is 0 Å². The summed E-state index contributed by atoms with van der Waals surface area (Å²) in [6, 6.07) is 14.8. The summed E-state index contributed by atoms with van der Waals surface area (Å²) in [6.07, 6.45) is 7.12. The lowest BCUT2D eigenvalue weighted by atomic mass is 9.77. The van der Waals surface area contributed by atoms with Crippen molar-refractivity contribution in [3.63, 3.8) is 0 Å². The van der Waals surface area contributed by atoms with Gasteiger partial charge < -0.3 is 15.2 Å². The molecule has 7 nitrogen and oxygen atoms in total. The first-order valence-corrected chi connectivity index (χ1v) is 10.5. The molecule has 0 bridgehead atoms. The van der Waals surface area contributed by atoms with E-state index in [4.69, 9.17) is 20.2 Å². The van der Waals surface area contributed by atoms with Crippen molar-refractivity contribution in [3.05, 3.63) is 90.4 Å². The topological polar surface area (TPSA) is 95.5 Å². The fraction of sp³-hybridized carbons (Fsp3) is 0.120. The standard InChI is InChI=1S/C25H18FN5O2/c26-23-17(4-2-9-29-23)15-5-6-21-18(11-15)25(7-10-32-24(27)31-25)19-12-20(30-14-22(19)33-21)16-3-1-8-28-13-16/h1-6,8-9,11-14H,7,10H2,(H2,27,31)/t25-/m0/s1. The molecule has 8 heteroatoms. The van der Waals surface area contributed by atoms with Gasteiger partial charge in [-0.15, -0.1) is 0 Å². The Hall–Kier alpha value is -4.33. The molecule has 2 aliphatic heterocycles. The van der Waals surface area contributed by atoms with Crippen molar-refractivity contribution in [1.29, 1.82) is 0 Å². The van der Waals surface area contributed by atoms with E-state index in [1.807, 2.05) is 30.3 Å². The number of fused-ring (bicyclic) bond motifs is 4. The first kappa shape index (κ1) is 19.4. The minimum Gasteiger partial charge on any atom is -0.465 e. The summed E-state index contributed by atoms with van der Waals surface area (Å²) in [5.41, 5.74) is 9.49. The molecule has 1 aromatic carbocycles. The maximum absolute atomic E-state index is 14.5. The third-order valence-corrected chi connectivity index (χ3v) is 6.00. The zero-order chi connectivity index (χ0) is 22.4. The van der Waals surface area contributed by atoms with Crippen molar-refractivity contribution in [2.24, 2.45) is 10.7 Å². The van der Waals surface area contributed by atoms with Gasteiger partial charge in [0.2, 0.25) is 5.95 Å². The van der Waals surface area contributed by atoms with Crippen molar-refractivity contribution < 1.29 is 13.9 Å². The molecule has 3 aromatic heterocycles. The zero-order valence-corrected chi connectivity index (χ0v) is 17.4. The van der Waals surface area contributed by atoms with Crippen LogP contribution in [0.1, 0.15) is 17.5 Å². The Morgan fingerprint density at radius 2 is 1.79 bits per heavy atom. The second-order valence-electron chi connectivity index (χ2n) is 7.87. The predicted octanol–water partition coefficient (Wildman–Crippen LogP) is 4.43.